The fourth-order valence-electron chi connectivity index (χ4n) is 4.31. The molecule has 182 valence electrons. The van der Waals surface area contributed by atoms with E-state index in [1.165, 1.54) is 0 Å². The Morgan fingerprint density at radius 1 is 1.21 bits per heavy atom. The van der Waals surface area contributed by atoms with Crippen molar-refractivity contribution in [3.05, 3.63) is 41.6 Å². The Labute approximate surface area is 199 Å². The molecule has 0 bridgehead atoms. The summed E-state index contributed by atoms with van der Waals surface area (Å²) >= 11 is 0. The van der Waals surface area contributed by atoms with E-state index in [1.54, 1.807) is 7.11 Å². The van der Waals surface area contributed by atoms with Crippen molar-refractivity contribution in [2.24, 2.45) is 5.73 Å². The van der Waals surface area contributed by atoms with Crippen molar-refractivity contribution in [3.63, 3.8) is 0 Å². The number of fused-ring (bicyclic) bond motifs is 1. The van der Waals surface area contributed by atoms with Crippen LogP contribution in [0.3, 0.4) is 0 Å². The molecule has 5 N–H and O–H groups in total. The van der Waals surface area contributed by atoms with E-state index in [4.69, 9.17) is 20.9 Å². The second-order valence-electron chi connectivity index (χ2n) is 8.64. The number of hydrogen-bond acceptors (Lipinski definition) is 8. The van der Waals surface area contributed by atoms with E-state index >= 15 is 0 Å². The molecule has 1 amide bonds. The van der Waals surface area contributed by atoms with Crippen LogP contribution in [0.25, 0.3) is 11.0 Å². The van der Waals surface area contributed by atoms with E-state index in [0.717, 1.165) is 66.1 Å². The van der Waals surface area contributed by atoms with Gasteiger partial charge in [0.1, 0.15) is 17.4 Å². The van der Waals surface area contributed by atoms with Gasteiger partial charge in [-0.15, -0.1) is 0 Å². The van der Waals surface area contributed by atoms with E-state index in [1.807, 2.05) is 12.3 Å². The van der Waals surface area contributed by atoms with Crippen molar-refractivity contribution in [3.8, 4) is 5.75 Å². The number of methoxy groups -OCH3 is 1. The SMILES string of the molecule is CCCCCNc1nc(N)nc2ccn(Cc3ccc(CN4CC(OC(N)=O)C4)cc3OC)c12. The first-order valence-corrected chi connectivity index (χ1v) is 11.7. The summed E-state index contributed by atoms with van der Waals surface area (Å²) < 4.78 is 12.8. The quantitative estimate of drug-likeness (QED) is 0.367. The number of primary amides is 1. The summed E-state index contributed by atoms with van der Waals surface area (Å²) in [7, 11) is 1.68. The Morgan fingerprint density at radius 2 is 2.03 bits per heavy atom. The lowest BCUT2D eigenvalue weighted by Crippen LogP contribution is -2.52. The molecule has 1 aromatic carbocycles. The van der Waals surface area contributed by atoms with Gasteiger partial charge in [-0.2, -0.15) is 4.98 Å². The van der Waals surface area contributed by atoms with Crippen molar-refractivity contribution in [1.29, 1.82) is 0 Å². The number of unbranched alkanes of at least 4 members (excludes halogenated alkanes) is 2. The molecule has 0 atom stereocenters. The van der Waals surface area contributed by atoms with Crippen LogP contribution in [0.5, 0.6) is 5.75 Å². The van der Waals surface area contributed by atoms with Crippen molar-refractivity contribution < 1.29 is 14.3 Å². The Morgan fingerprint density at radius 3 is 2.76 bits per heavy atom. The highest BCUT2D eigenvalue weighted by Gasteiger charge is 2.29. The molecule has 1 saturated heterocycles. The smallest absolute Gasteiger partial charge is 0.404 e. The summed E-state index contributed by atoms with van der Waals surface area (Å²) in [5.41, 5.74) is 14.9. The highest BCUT2D eigenvalue weighted by atomic mass is 16.6. The number of nitrogens with two attached hydrogens (primary N) is 2. The maximum atomic E-state index is 10.9. The van der Waals surface area contributed by atoms with Gasteiger partial charge in [0.05, 0.1) is 19.2 Å². The third-order valence-corrected chi connectivity index (χ3v) is 6.01. The molecular weight excluding hydrogens is 434 g/mol. The minimum Gasteiger partial charge on any atom is -0.496 e. The van der Waals surface area contributed by atoms with E-state index in [-0.39, 0.29) is 12.1 Å². The number of aromatic nitrogens is 3. The first-order valence-electron chi connectivity index (χ1n) is 11.7. The number of rotatable bonds is 11. The molecule has 0 spiro atoms. The van der Waals surface area contributed by atoms with E-state index < -0.39 is 6.09 Å². The van der Waals surface area contributed by atoms with Crippen molar-refractivity contribution in [2.75, 3.05) is 37.8 Å². The van der Waals surface area contributed by atoms with Crippen LogP contribution in [0.15, 0.2) is 30.5 Å². The molecule has 34 heavy (non-hydrogen) atoms. The molecular formula is C24H33N7O3. The summed E-state index contributed by atoms with van der Waals surface area (Å²) in [5, 5.41) is 3.44. The van der Waals surface area contributed by atoms with Crippen molar-refractivity contribution >= 4 is 28.9 Å². The van der Waals surface area contributed by atoms with Crippen molar-refractivity contribution in [2.45, 2.75) is 45.4 Å². The van der Waals surface area contributed by atoms with Gasteiger partial charge in [-0.1, -0.05) is 31.9 Å². The fourth-order valence-corrected chi connectivity index (χ4v) is 4.31. The lowest BCUT2D eigenvalue weighted by atomic mass is 10.1. The van der Waals surface area contributed by atoms with Crippen LogP contribution in [-0.2, 0) is 17.8 Å². The average molecular weight is 468 g/mol. The molecule has 1 aliphatic rings. The molecule has 2 aromatic heterocycles. The Hall–Kier alpha value is -3.53. The van der Waals surface area contributed by atoms with Gasteiger partial charge in [0.2, 0.25) is 5.95 Å². The maximum Gasteiger partial charge on any atom is 0.404 e. The standard InChI is InChI=1S/C24H33N7O3/c1-3-4-5-9-27-22-21-19(28-23(25)29-22)8-10-31(21)13-17-7-6-16(11-20(17)33-2)12-30-14-18(15-30)34-24(26)32/h6-8,10-11,18H,3-5,9,12-15H2,1-2H3,(H2,26,32)(H3,25,27,28,29). The number of ether oxygens (including phenoxy) is 2. The van der Waals surface area contributed by atoms with Crippen LogP contribution < -0.4 is 21.5 Å². The number of hydrogen-bond donors (Lipinski definition) is 3. The molecule has 10 nitrogen and oxygen atoms in total. The first-order chi connectivity index (χ1) is 16.5. The number of nitrogens with zero attached hydrogens (tertiary/aromatic N) is 4. The van der Waals surface area contributed by atoms with Crippen LogP contribution in [0.4, 0.5) is 16.6 Å². The number of anilines is 2. The summed E-state index contributed by atoms with van der Waals surface area (Å²) in [6.45, 7) is 5.75. The van der Waals surface area contributed by atoms with Gasteiger partial charge in [-0.25, -0.2) is 9.78 Å². The van der Waals surface area contributed by atoms with Gasteiger partial charge in [0.15, 0.2) is 5.82 Å². The lowest BCUT2D eigenvalue weighted by Gasteiger charge is -2.38. The number of carbonyl (C=O) groups excluding carboxylic acids is 1. The van der Waals surface area contributed by atoms with E-state index in [9.17, 15) is 4.79 Å². The Bertz CT molecular complexity index is 1140. The summed E-state index contributed by atoms with van der Waals surface area (Å²) in [6.07, 6.45) is 4.56. The summed E-state index contributed by atoms with van der Waals surface area (Å²) in [5.74, 6) is 1.84. The highest BCUT2D eigenvalue weighted by molar-refractivity contribution is 5.87. The third kappa shape index (κ3) is 5.51. The molecule has 4 rings (SSSR count). The Kier molecular flexibility index (Phi) is 7.36. The van der Waals surface area contributed by atoms with Gasteiger partial charge in [0.25, 0.3) is 0 Å². The van der Waals surface area contributed by atoms with Gasteiger partial charge in [0, 0.05) is 37.9 Å². The molecule has 0 unspecified atom stereocenters. The zero-order chi connectivity index (χ0) is 24.1. The summed E-state index contributed by atoms with van der Waals surface area (Å²) in [4.78, 5) is 21.9. The first kappa shape index (κ1) is 23.6. The normalized spacial score (nSPS) is 14.2. The fraction of sp³-hybridized carbons (Fsp3) is 0.458. The van der Waals surface area contributed by atoms with Gasteiger partial charge in [-0.05, 0) is 24.1 Å². The van der Waals surface area contributed by atoms with Crippen LogP contribution >= 0.6 is 0 Å². The van der Waals surface area contributed by atoms with Crippen LogP contribution in [0.2, 0.25) is 0 Å². The van der Waals surface area contributed by atoms with Gasteiger partial charge >= 0.3 is 6.09 Å². The van der Waals surface area contributed by atoms with Gasteiger partial charge in [-0.3, -0.25) is 4.90 Å². The summed E-state index contributed by atoms with van der Waals surface area (Å²) in [6, 6.07) is 8.20. The number of amides is 1. The molecule has 1 fully saturated rings. The molecule has 1 aliphatic heterocycles. The van der Waals surface area contributed by atoms with Crippen molar-refractivity contribution in [1.82, 2.24) is 19.4 Å². The third-order valence-electron chi connectivity index (χ3n) is 6.01. The predicted octanol–water partition coefficient (Wildman–Crippen LogP) is 2.95. The number of nitrogen functional groups attached to an aromatic ring is 1. The topological polar surface area (TPSA) is 134 Å². The highest BCUT2D eigenvalue weighted by Crippen LogP contribution is 2.28. The second kappa shape index (κ2) is 10.6. The largest absolute Gasteiger partial charge is 0.496 e. The van der Waals surface area contributed by atoms with Crippen LogP contribution in [-0.4, -0.2) is 58.4 Å². The molecule has 3 aromatic rings. The Balaban J connectivity index is 1.48. The zero-order valence-electron chi connectivity index (χ0n) is 19.8. The van der Waals surface area contributed by atoms with Gasteiger partial charge < -0.3 is 30.8 Å². The number of benzene rings is 1. The molecule has 0 saturated carbocycles. The van der Waals surface area contributed by atoms with E-state index in [2.05, 4.69) is 49.9 Å². The number of likely N-dealkylation sites (tertiary alicyclic amines) is 1. The number of nitrogens with one attached hydrogen (secondary N) is 1. The molecule has 3 heterocycles. The lowest BCUT2D eigenvalue weighted by molar-refractivity contribution is -0.0137. The second-order valence-corrected chi connectivity index (χ2v) is 8.64. The van der Waals surface area contributed by atoms with E-state index in [0.29, 0.717) is 19.6 Å². The van der Waals surface area contributed by atoms with Crippen LogP contribution in [0.1, 0.15) is 37.3 Å². The monoisotopic (exact) mass is 467 g/mol. The number of carbonyl (C=O) groups is 1. The van der Waals surface area contributed by atoms with Crippen LogP contribution in [0, 0.1) is 0 Å². The average Bonchev–Trinajstić information content (AvgIpc) is 3.18. The molecule has 10 heteroatoms. The minimum absolute atomic E-state index is 0.123. The zero-order valence-corrected chi connectivity index (χ0v) is 19.8. The molecule has 0 aliphatic carbocycles. The minimum atomic E-state index is -0.722. The maximum absolute atomic E-state index is 10.9. The molecule has 0 radical (unpaired) electrons. The predicted molar refractivity (Wildman–Crippen MR) is 132 cm³/mol.